The smallest absolute Gasteiger partial charge is 0.191 e. The maximum Gasteiger partial charge on any atom is 0.191 e. The number of guanidine groups is 1. The van der Waals surface area contributed by atoms with Gasteiger partial charge in [-0.15, -0.1) is 0 Å². The first kappa shape index (κ1) is 18.5. The molecule has 6 nitrogen and oxygen atoms in total. The molecule has 0 bridgehead atoms. The third-order valence-corrected chi connectivity index (χ3v) is 5.68. The lowest BCUT2D eigenvalue weighted by molar-refractivity contribution is -0.176. The molecule has 0 spiro atoms. The van der Waals surface area contributed by atoms with Crippen LogP contribution in [-0.4, -0.2) is 64.2 Å². The normalized spacial score (nSPS) is 33.3. The molecule has 0 aromatic heterocycles. The van der Waals surface area contributed by atoms with E-state index in [0.717, 1.165) is 38.4 Å². The Hall–Kier alpha value is -0.850. The Morgan fingerprint density at radius 2 is 2.13 bits per heavy atom. The molecule has 1 saturated carbocycles. The predicted octanol–water partition coefficient (Wildman–Crippen LogP) is 1.55. The number of hydrogen-bond donors (Lipinski definition) is 2. The molecule has 6 heteroatoms. The molecule has 0 radical (unpaired) electrons. The molecule has 1 aliphatic carbocycles. The van der Waals surface area contributed by atoms with Crippen LogP contribution >= 0.6 is 0 Å². The van der Waals surface area contributed by atoms with Crippen LogP contribution in [0.1, 0.15) is 40.0 Å². The number of nitrogens with zero attached hydrogens (tertiary/aromatic N) is 1. The summed E-state index contributed by atoms with van der Waals surface area (Å²) in [6.07, 6.45) is 3.54. The van der Waals surface area contributed by atoms with E-state index in [4.69, 9.17) is 14.2 Å². The molecule has 3 atom stereocenters. The summed E-state index contributed by atoms with van der Waals surface area (Å²) in [6, 6.07) is 0.353. The fraction of sp³-hybridized carbons (Fsp3) is 0.941. The van der Waals surface area contributed by atoms with Gasteiger partial charge in [-0.25, -0.2) is 0 Å². The van der Waals surface area contributed by atoms with Gasteiger partial charge in [0.05, 0.1) is 24.9 Å². The highest BCUT2D eigenvalue weighted by molar-refractivity contribution is 5.80. The van der Waals surface area contributed by atoms with Gasteiger partial charge in [0.1, 0.15) is 0 Å². The summed E-state index contributed by atoms with van der Waals surface area (Å²) >= 11 is 0. The van der Waals surface area contributed by atoms with Gasteiger partial charge < -0.3 is 24.8 Å². The third-order valence-electron chi connectivity index (χ3n) is 5.68. The molecular weight excluding hydrogens is 294 g/mol. The highest BCUT2D eigenvalue weighted by Gasteiger charge is 2.58. The Morgan fingerprint density at radius 3 is 2.70 bits per heavy atom. The van der Waals surface area contributed by atoms with Crippen LogP contribution in [0.3, 0.4) is 0 Å². The lowest BCUT2D eigenvalue weighted by Crippen LogP contribution is -2.69. The molecule has 2 fully saturated rings. The van der Waals surface area contributed by atoms with Crippen molar-refractivity contribution in [1.29, 1.82) is 0 Å². The van der Waals surface area contributed by atoms with Crippen molar-refractivity contribution in [3.63, 3.8) is 0 Å². The highest BCUT2D eigenvalue weighted by atomic mass is 16.5. The standard InChI is InChI=1S/C17H33N3O3/c1-16(2)14(11-17(16,3)21-5)20-15(18-4)19-8-10-22-12-13-7-6-9-23-13/h13-14H,6-12H2,1-5H3,(H2,18,19,20). The summed E-state index contributed by atoms with van der Waals surface area (Å²) in [4.78, 5) is 4.30. The fourth-order valence-electron chi connectivity index (χ4n) is 3.31. The van der Waals surface area contributed by atoms with E-state index in [-0.39, 0.29) is 17.1 Å². The SMILES string of the molecule is CN=C(NCCOCC1CCCO1)NC1CC(C)(OC)C1(C)C. The fourth-order valence-corrected chi connectivity index (χ4v) is 3.31. The second-order valence-electron chi connectivity index (χ2n) is 7.27. The molecule has 1 aliphatic heterocycles. The van der Waals surface area contributed by atoms with Gasteiger partial charge in [-0.3, -0.25) is 4.99 Å². The minimum Gasteiger partial charge on any atom is -0.378 e. The zero-order chi connectivity index (χ0) is 16.9. The molecule has 23 heavy (non-hydrogen) atoms. The van der Waals surface area contributed by atoms with Gasteiger partial charge in [-0.05, 0) is 26.2 Å². The number of methoxy groups -OCH3 is 1. The van der Waals surface area contributed by atoms with Crippen molar-refractivity contribution in [2.75, 3.05) is 40.5 Å². The van der Waals surface area contributed by atoms with E-state index in [0.29, 0.717) is 19.3 Å². The van der Waals surface area contributed by atoms with Crippen LogP contribution in [0.2, 0.25) is 0 Å². The number of rotatable bonds is 7. The summed E-state index contributed by atoms with van der Waals surface area (Å²) in [5, 5.41) is 6.80. The molecule has 2 rings (SSSR count). The van der Waals surface area contributed by atoms with Crippen LogP contribution in [-0.2, 0) is 14.2 Å². The first-order valence-electron chi connectivity index (χ1n) is 8.64. The highest BCUT2D eigenvalue weighted by Crippen LogP contribution is 2.51. The third kappa shape index (κ3) is 4.17. The van der Waals surface area contributed by atoms with Crippen LogP contribution < -0.4 is 10.6 Å². The number of nitrogens with one attached hydrogen (secondary N) is 2. The minimum absolute atomic E-state index is 0.0652. The van der Waals surface area contributed by atoms with Gasteiger partial charge >= 0.3 is 0 Å². The summed E-state index contributed by atoms with van der Waals surface area (Å²) in [5.74, 6) is 0.821. The molecule has 1 heterocycles. The van der Waals surface area contributed by atoms with E-state index >= 15 is 0 Å². The molecule has 0 amide bonds. The molecule has 2 aliphatic rings. The summed E-state index contributed by atoms with van der Waals surface area (Å²) in [6.45, 7) is 9.59. The van der Waals surface area contributed by atoms with E-state index in [2.05, 4.69) is 36.4 Å². The van der Waals surface area contributed by atoms with Gasteiger partial charge in [-0.2, -0.15) is 0 Å². The summed E-state index contributed by atoms with van der Waals surface area (Å²) in [5.41, 5.74) is -0.0103. The molecule has 0 aromatic rings. The lowest BCUT2D eigenvalue weighted by atomic mass is 9.56. The van der Waals surface area contributed by atoms with Crippen LogP contribution in [0.25, 0.3) is 0 Å². The van der Waals surface area contributed by atoms with Crippen molar-refractivity contribution in [3.8, 4) is 0 Å². The summed E-state index contributed by atoms with van der Waals surface area (Å²) in [7, 11) is 3.58. The number of ether oxygens (including phenoxy) is 3. The Balaban J connectivity index is 1.64. The molecule has 134 valence electrons. The first-order valence-corrected chi connectivity index (χ1v) is 8.64. The van der Waals surface area contributed by atoms with Gasteiger partial charge in [0.2, 0.25) is 0 Å². The van der Waals surface area contributed by atoms with Crippen LogP contribution in [0.5, 0.6) is 0 Å². The zero-order valence-electron chi connectivity index (χ0n) is 15.3. The Labute approximate surface area is 140 Å². The van der Waals surface area contributed by atoms with E-state index in [9.17, 15) is 0 Å². The average molecular weight is 327 g/mol. The van der Waals surface area contributed by atoms with Crippen LogP contribution in [0.15, 0.2) is 4.99 Å². The number of hydrogen-bond acceptors (Lipinski definition) is 4. The topological polar surface area (TPSA) is 64.1 Å². The van der Waals surface area contributed by atoms with Crippen molar-refractivity contribution in [3.05, 3.63) is 0 Å². The average Bonchev–Trinajstić information content (AvgIpc) is 3.05. The van der Waals surface area contributed by atoms with E-state index < -0.39 is 0 Å². The summed E-state index contributed by atoms with van der Waals surface area (Å²) < 4.78 is 16.9. The van der Waals surface area contributed by atoms with Gasteiger partial charge in [-0.1, -0.05) is 13.8 Å². The molecule has 0 aromatic carbocycles. The van der Waals surface area contributed by atoms with E-state index in [1.54, 1.807) is 14.2 Å². The van der Waals surface area contributed by atoms with Crippen molar-refractivity contribution in [2.24, 2.45) is 10.4 Å². The second-order valence-corrected chi connectivity index (χ2v) is 7.27. The second kappa shape index (κ2) is 7.81. The van der Waals surface area contributed by atoms with Crippen molar-refractivity contribution >= 4 is 5.96 Å². The van der Waals surface area contributed by atoms with Gasteiger partial charge in [0.15, 0.2) is 5.96 Å². The first-order chi connectivity index (χ1) is 10.9. The molecular formula is C17H33N3O3. The number of aliphatic imine (C=N–C) groups is 1. The maximum atomic E-state index is 5.66. The van der Waals surface area contributed by atoms with Gasteiger partial charge in [0.25, 0.3) is 0 Å². The Morgan fingerprint density at radius 1 is 1.35 bits per heavy atom. The molecule has 1 saturated heterocycles. The monoisotopic (exact) mass is 327 g/mol. The molecule has 3 unspecified atom stereocenters. The molecule has 2 N–H and O–H groups in total. The largest absolute Gasteiger partial charge is 0.378 e. The Bertz CT molecular complexity index is 408. The van der Waals surface area contributed by atoms with Crippen molar-refractivity contribution in [2.45, 2.75) is 57.8 Å². The maximum absolute atomic E-state index is 5.66. The van der Waals surface area contributed by atoms with E-state index in [1.807, 2.05) is 0 Å². The van der Waals surface area contributed by atoms with E-state index in [1.165, 1.54) is 0 Å². The minimum atomic E-state index is -0.0755. The van der Waals surface area contributed by atoms with Crippen molar-refractivity contribution in [1.82, 2.24) is 10.6 Å². The zero-order valence-corrected chi connectivity index (χ0v) is 15.3. The van der Waals surface area contributed by atoms with Crippen LogP contribution in [0.4, 0.5) is 0 Å². The predicted molar refractivity (Wildman–Crippen MR) is 91.9 cm³/mol. The van der Waals surface area contributed by atoms with Crippen LogP contribution in [0, 0.1) is 5.41 Å². The Kier molecular flexibility index (Phi) is 6.28. The van der Waals surface area contributed by atoms with Crippen molar-refractivity contribution < 1.29 is 14.2 Å². The quantitative estimate of drug-likeness (QED) is 0.422. The van der Waals surface area contributed by atoms with Gasteiger partial charge in [0, 0.05) is 38.8 Å². The lowest BCUT2D eigenvalue weighted by Gasteiger charge is -2.59.